The van der Waals surface area contributed by atoms with E-state index in [1.165, 1.54) is 0 Å². The molecule has 0 saturated carbocycles. The molecule has 1 atom stereocenters. The number of benzene rings is 1. The Labute approximate surface area is 145 Å². The molecule has 1 fully saturated rings. The van der Waals surface area contributed by atoms with Crippen LogP contribution in [0.5, 0.6) is 11.5 Å². The molecule has 1 N–H and O–H groups in total. The van der Waals surface area contributed by atoms with E-state index in [1.807, 2.05) is 13.8 Å². The third-order valence-corrected chi connectivity index (χ3v) is 4.40. The van der Waals surface area contributed by atoms with E-state index >= 15 is 0 Å². The molecule has 2 aliphatic heterocycles. The summed E-state index contributed by atoms with van der Waals surface area (Å²) in [6.07, 6.45) is 1.72. The molecule has 0 bridgehead atoms. The van der Waals surface area contributed by atoms with E-state index in [2.05, 4.69) is 15.5 Å². The summed E-state index contributed by atoms with van der Waals surface area (Å²) in [5, 5.41) is 6.91. The van der Waals surface area contributed by atoms with Gasteiger partial charge in [0.05, 0.1) is 0 Å². The highest BCUT2D eigenvalue weighted by atomic mass is 16.7. The van der Waals surface area contributed by atoms with Crippen molar-refractivity contribution in [1.29, 1.82) is 0 Å². The molecule has 0 unspecified atom stereocenters. The number of fused-ring (bicyclic) bond motifs is 1. The van der Waals surface area contributed by atoms with Crippen LogP contribution in [0.2, 0.25) is 0 Å². The largest absolute Gasteiger partial charge is 0.454 e. The number of nitrogens with one attached hydrogen (secondary N) is 1. The molecule has 1 aromatic carbocycles. The van der Waals surface area contributed by atoms with Crippen molar-refractivity contribution in [2.75, 3.05) is 18.7 Å². The van der Waals surface area contributed by atoms with Crippen LogP contribution >= 0.6 is 0 Å². The zero-order valence-corrected chi connectivity index (χ0v) is 14.2. The highest BCUT2D eigenvalue weighted by Crippen LogP contribution is 2.35. The van der Waals surface area contributed by atoms with Gasteiger partial charge < -0.3 is 24.2 Å². The number of amides is 2. The average molecular weight is 344 g/mol. The number of hydrogen-bond acceptors (Lipinski definition) is 6. The van der Waals surface area contributed by atoms with Crippen molar-refractivity contribution in [2.45, 2.75) is 38.6 Å². The van der Waals surface area contributed by atoms with Crippen molar-refractivity contribution in [2.24, 2.45) is 0 Å². The van der Waals surface area contributed by atoms with E-state index in [0.29, 0.717) is 35.4 Å². The molecule has 8 heteroatoms. The topological polar surface area (TPSA) is 89.7 Å². The molecule has 2 aliphatic rings. The summed E-state index contributed by atoms with van der Waals surface area (Å²) >= 11 is 0. The number of ether oxygens (including phenoxy) is 2. The third-order valence-electron chi connectivity index (χ3n) is 4.40. The number of nitrogens with zero attached hydrogens (tertiary/aromatic N) is 3. The van der Waals surface area contributed by atoms with Gasteiger partial charge in [0.25, 0.3) is 0 Å². The Hall–Kier alpha value is -2.77. The van der Waals surface area contributed by atoms with Crippen LogP contribution in [0.4, 0.5) is 10.5 Å². The van der Waals surface area contributed by atoms with Crippen molar-refractivity contribution >= 4 is 11.7 Å². The molecule has 0 radical (unpaired) electrons. The lowest BCUT2D eigenvalue weighted by atomic mass is 10.2. The molecular formula is C17H20N4O4. The Bertz CT molecular complexity index is 789. The standard InChI is InChI=1S/C17H20N4O4/c1-10(2)15-19-16(25-20-15)12-4-3-7-21(12)17(22)18-11-5-6-13-14(8-11)24-9-23-13/h5-6,8,10,12H,3-4,7,9H2,1-2H3,(H,18,22)/t12-/m0/s1. The quantitative estimate of drug-likeness (QED) is 0.919. The maximum atomic E-state index is 12.7. The van der Waals surface area contributed by atoms with Crippen LogP contribution in [-0.2, 0) is 0 Å². The molecule has 25 heavy (non-hydrogen) atoms. The lowest BCUT2D eigenvalue weighted by molar-refractivity contribution is 0.174. The highest BCUT2D eigenvalue weighted by molar-refractivity contribution is 5.90. The summed E-state index contributed by atoms with van der Waals surface area (Å²) in [7, 11) is 0. The molecule has 132 valence electrons. The van der Waals surface area contributed by atoms with Crippen molar-refractivity contribution in [3.63, 3.8) is 0 Å². The highest BCUT2D eigenvalue weighted by Gasteiger charge is 2.34. The Morgan fingerprint density at radius 1 is 1.32 bits per heavy atom. The van der Waals surface area contributed by atoms with Crippen molar-refractivity contribution in [1.82, 2.24) is 15.0 Å². The van der Waals surface area contributed by atoms with Gasteiger partial charge >= 0.3 is 6.03 Å². The molecule has 4 rings (SSSR count). The van der Waals surface area contributed by atoms with Crippen LogP contribution in [-0.4, -0.2) is 34.4 Å². The van der Waals surface area contributed by atoms with Crippen molar-refractivity contribution in [3.8, 4) is 11.5 Å². The predicted octanol–water partition coefficient (Wildman–Crippen LogP) is 3.29. The van der Waals surface area contributed by atoms with Gasteiger partial charge in [0, 0.05) is 24.2 Å². The summed E-state index contributed by atoms with van der Waals surface area (Å²) in [5.74, 6) is 2.67. The van der Waals surface area contributed by atoms with Gasteiger partial charge in [-0.3, -0.25) is 0 Å². The number of anilines is 1. The van der Waals surface area contributed by atoms with E-state index in [1.54, 1.807) is 23.1 Å². The monoisotopic (exact) mass is 344 g/mol. The first-order valence-corrected chi connectivity index (χ1v) is 8.42. The van der Waals surface area contributed by atoms with Gasteiger partial charge in [-0.25, -0.2) is 4.79 Å². The van der Waals surface area contributed by atoms with Gasteiger partial charge in [-0.2, -0.15) is 4.98 Å². The minimum atomic E-state index is -0.189. The fraction of sp³-hybridized carbons (Fsp3) is 0.471. The number of rotatable bonds is 3. The van der Waals surface area contributed by atoms with Gasteiger partial charge in [0.15, 0.2) is 17.3 Å². The molecular weight excluding hydrogens is 324 g/mol. The van der Waals surface area contributed by atoms with Gasteiger partial charge in [-0.05, 0) is 25.0 Å². The second-order valence-corrected chi connectivity index (χ2v) is 6.50. The number of likely N-dealkylation sites (tertiary alicyclic amines) is 1. The average Bonchev–Trinajstić information content (AvgIpc) is 3.33. The summed E-state index contributed by atoms with van der Waals surface area (Å²) in [6, 6.07) is 4.96. The Kier molecular flexibility index (Phi) is 3.95. The van der Waals surface area contributed by atoms with Crippen LogP contribution in [0.1, 0.15) is 50.4 Å². The Morgan fingerprint density at radius 2 is 2.16 bits per heavy atom. The fourth-order valence-electron chi connectivity index (χ4n) is 3.05. The van der Waals surface area contributed by atoms with Crippen LogP contribution in [0.15, 0.2) is 22.7 Å². The lowest BCUT2D eigenvalue weighted by Crippen LogP contribution is -2.34. The molecule has 8 nitrogen and oxygen atoms in total. The lowest BCUT2D eigenvalue weighted by Gasteiger charge is -2.22. The SMILES string of the molecule is CC(C)c1noc([C@@H]2CCCN2C(=O)Nc2ccc3c(c2)OCO3)n1. The minimum absolute atomic E-state index is 0.186. The summed E-state index contributed by atoms with van der Waals surface area (Å²) < 4.78 is 16.0. The van der Waals surface area contributed by atoms with Gasteiger partial charge in [0.2, 0.25) is 12.7 Å². The Balaban J connectivity index is 1.48. The van der Waals surface area contributed by atoms with E-state index in [9.17, 15) is 4.79 Å². The first kappa shape index (κ1) is 15.7. The number of hydrogen-bond donors (Lipinski definition) is 1. The molecule has 1 aromatic heterocycles. The maximum absolute atomic E-state index is 12.7. The maximum Gasteiger partial charge on any atom is 0.322 e. The normalized spacial score (nSPS) is 18.8. The first-order valence-electron chi connectivity index (χ1n) is 8.42. The third kappa shape index (κ3) is 2.99. The summed E-state index contributed by atoms with van der Waals surface area (Å²) in [6.45, 7) is 4.87. The predicted molar refractivity (Wildman–Crippen MR) is 88.7 cm³/mol. The van der Waals surface area contributed by atoms with E-state index in [0.717, 1.165) is 12.8 Å². The van der Waals surface area contributed by atoms with Crippen molar-refractivity contribution in [3.05, 3.63) is 29.9 Å². The van der Waals surface area contributed by atoms with Gasteiger partial charge in [-0.15, -0.1) is 0 Å². The number of aromatic nitrogens is 2. The molecule has 3 heterocycles. The molecule has 2 aromatic rings. The zero-order valence-electron chi connectivity index (χ0n) is 14.2. The van der Waals surface area contributed by atoms with Crippen LogP contribution in [0, 0.1) is 0 Å². The van der Waals surface area contributed by atoms with E-state index in [4.69, 9.17) is 14.0 Å². The molecule has 0 aliphatic carbocycles. The Morgan fingerprint density at radius 3 is 2.96 bits per heavy atom. The number of carbonyl (C=O) groups is 1. The summed E-state index contributed by atoms with van der Waals surface area (Å²) in [4.78, 5) is 18.9. The van der Waals surface area contributed by atoms with Crippen LogP contribution < -0.4 is 14.8 Å². The van der Waals surface area contributed by atoms with E-state index < -0.39 is 0 Å². The van der Waals surface area contributed by atoms with Crippen LogP contribution in [0.3, 0.4) is 0 Å². The second-order valence-electron chi connectivity index (χ2n) is 6.50. The zero-order chi connectivity index (χ0) is 17.4. The van der Waals surface area contributed by atoms with E-state index in [-0.39, 0.29) is 24.8 Å². The second kappa shape index (κ2) is 6.27. The number of carbonyl (C=O) groups excluding carboxylic acids is 1. The first-order chi connectivity index (χ1) is 12.1. The molecule has 2 amide bonds. The van der Waals surface area contributed by atoms with Gasteiger partial charge in [-0.1, -0.05) is 19.0 Å². The number of urea groups is 1. The van der Waals surface area contributed by atoms with Gasteiger partial charge in [0.1, 0.15) is 6.04 Å². The van der Waals surface area contributed by atoms with Crippen molar-refractivity contribution < 1.29 is 18.8 Å². The molecule has 1 saturated heterocycles. The van der Waals surface area contributed by atoms with Crippen LogP contribution in [0.25, 0.3) is 0 Å². The minimum Gasteiger partial charge on any atom is -0.454 e. The summed E-state index contributed by atoms with van der Waals surface area (Å²) in [5.41, 5.74) is 0.660. The molecule has 0 spiro atoms. The fourth-order valence-corrected chi connectivity index (χ4v) is 3.05. The smallest absolute Gasteiger partial charge is 0.322 e.